The molecule has 1 aromatic heterocycles. The molecule has 0 amide bonds. The zero-order chi connectivity index (χ0) is 14.2. The lowest BCUT2D eigenvalue weighted by Gasteiger charge is -2.37. The molecule has 4 nitrogen and oxygen atoms in total. The Morgan fingerprint density at radius 2 is 1.90 bits per heavy atom. The van der Waals surface area contributed by atoms with E-state index in [1.165, 1.54) is 0 Å². The number of carboxylic acid groups (broad SMARTS) is 1. The third kappa shape index (κ3) is 2.22. The molecule has 1 fully saturated rings. The molecule has 1 N–H and O–H groups in total. The number of pyridine rings is 1. The van der Waals surface area contributed by atoms with Gasteiger partial charge in [0, 0.05) is 18.5 Å². The van der Waals surface area contributed by atoms with Crippen LogP contribution in [0.2, 0.25) is 0 Å². The van der Waals surface area contributed by atoms with E-state index in [2.05, 4.69) is 16.0 Å². The molecule has 2 aromatic rings. The van der Waals surface area contributed by atoms with E-state index in [0.717, 1.165) is 29.8 Å². The summed E-state index contributed by atoms with van der Waals surface area (Å²) in [4.78, 5) is 18.1. The summed E-state index contributed by atoms with van der Waals surface area (Å²) in [6.07, 6.45) is 1.33. The van der Waals surface area contributed by atoms with Gasteiger partial charge in [-0.15, -0.1) is 0 Å². The molecule has 1 saturated heterocycles. The summed E-state index contributed by atoms with van der Waals surface area (Å²) in [6, 6.07) is 12.1. The second-order valence-electron chi connectivity index (χ2n) is 5.72. The van der Waals surface area contributed by atoms with Gasteiger partial charge >= 0.3 is 5.97 Å². The largest absolute Gasteiger partial charge is 0.481 e. The summed E-state index contributed by atoms with van der Waals surface area (Å²) in [5.74, 6) is 0.250. The molecular weight excluding hydrogens is 252 g/mol. The first kappa shape index (κ1) is 12.9. The number of aliphatic carboxylic acids is 1. The summed E-state index contributed by atoms with van der Waals surface area (Å²) in [5.41, 5.74) is 0.393. The number of rotatable bonds is 2. The average molecular weight is 270 g/mol. The van der Waals surface area contributed by atoms with Crippen molar-refractivity contribution in [3.05, 3.63) is 36.4 Å². The fraction of sp³-hybridized carbons (Fsp3) is 0.375. The summed E-state index contributed by atoms with van der Waals surface area (Å²) in [5, 5.41) is 10.4. The van der Waals surface area contributed by atoms with Gasteiger partial charge in [0.2, 0.25) is 0 Å². The molecule has 20 heavy (non-hydrogen) atoms. The van der Waals surface area contributed by atoms with E-state index in [0.29, 0.717) is 12.8 Å². The highest BCUT2D eigenvalue weighted by Crippen LogP contribution is 2.33. The predicted molar refractivity (Wildman–Crippen MR) is 78.9 cm³/mol. The Labute approximate surface area is 118 Å². The van der Waals surface area contributed by atoms with Crippen molar-refractivity contribution in [2.24, 2.45) is 5.41 Å². The van der Waals surface area contributed by atoms with Crippen LogP contribution in [0.5, 0.6) is 0 Å². The molecule has 2 heterocycles. The van der Waals surface area contributed by atoms with Crippen molar-refractivity contribution in [2.45, 2.75) is 19.8 Å². The van der Waals surface area contributed by atoms with Gasteiger partial charge in [-0.05, 0) is 38.0 Å². The molecule has 0 unspecified atom stereocenters. The highest BCUT2D eigenvalue weighted by molar-refractivity contribution is 5.80. The molecule has 4 heteroatoms. The first-order chi connectivity index (χ1) is 9.58. The molecule has 1 aliphatic heterocycles. The Bertz CT molecular complexity index is 646. The second-order valence-corrected chi connectivity index (χ2v) is 5.72. The molecule has 0 spiro atoms. The van der Waals surface area contributed by atoms with Crippen LogP contribution in [-0.4, -0.2) is 29.1 Å². The number of para-hydroxylation sites is 1. The van der Waals surface area contributed by atoms with Crippen LogP contribution in [0.4, 0.5) is 5.82 Å². The number of hydrogen-bond acceptors (Lipinski definition) is 3. The van der Waals surface area contributed by atoms with Crippen molar-refractivity contribution in [3.8, 4) is 0 Å². The summed E-state index contributed by atoms with van der Waals surface area (Å²) < 4.78 is 0. The van der Waals surface area contributed by atoms with Crippen LogP contribution in [-0.2, 0) is 4.79 Å². The number of fused-ring (bicyclic) bond motifs is 1. The van der Waals surface area contributed by atoms with Crippen LogP contribution in [0, 0.1) is 5.41 Å². The number of anilines is 1. The van der Waals surface area contributed by atoms with Crippen LogP contribution < -0.4 is 4.90 Å². The monoisotopic (exact) mass is 270 g/mol. The topological polar surface area (TPSA) is 53.4 Å². The lowest BCUT2D eigenvalue weighted by molar-refractivity contribution is -0.149. The third-order valence-electron chi connectivity index (χ3n) is 4.29. The van der Waals surface area contributed by atoms with Crippen molar-refractivity contribution in [1.29, 1.82) is 0 Å². The summed E-state index contributed by atoms with van der Waals surface area (Å²) in [6.45, 7) is 3.32. The quantitative estimate of drug-likeness (QED) is 0.911. The van der Waals surface area contributed by atoms with Gasteiger partial charge in [-0.1, -0.05) is 18.2 Å². The molecule has 3 rings (SSSR count). The first-order valence-electron chi connectivity index (χ1n) is 6.93. The van der Waals surface area contributed by atoms with E-state index in [1.807, 2.05) is 37.3 Å². The zero-order valence-electron chi connectivity index (χ0n) is 11.5. The molecular formula is C16H18N2O2. The highest BCUT2D eigenvalue weighted by Gasteiger charge is 2.37. The first-order valence-corrected chi connectivity index (χ1v) is 6.93. The minimum absolute atomic E-state index is 0.590. The van der Waals surface area contributed by atoms with E-state index in [1.54, 1.807) is 0 Å². The smallest absolute Gasteiger partial charge is 0.309 e. The maximum absolute atomic E-state index is 11.3. The van der Waals surface area contributed by atoms with E-state index in [9.17, 15) is 9.90 Å². The maximum Gasteiger partial charge on any atom is 0.309 e. The number of hydrogen-bond donors (Lipinski definition) is 1. The van der Waals surface area contributed by atoms with E-state index >= 15 is 0 Å². The minimum Gasteiger partial charge on any atom is -0.481 e. The van der Waals surface area contributed by atoms with Crippen molar-refractivity contribution >= 4 is 22.7 Å². The van der Waals surface area contributed by atoms with Gasteiger partial charge in [-0.3, -0.25) is 4.79 Å². The maximum atomic E-state index is 11.3. The van der Waals surface area contributed by atoms with Crippen LogP contribution >= 0.6 is 0 Å². The molecule has 0 aliphatic carbocycles. The van der Waals surface area contributed by atoms with Gasteiger partial charge in [-0.2, -0.15) is 0 Å². The average Bonchev–Trinajstić information content (AvgIpc) is 2.47. The number of carbonyl (C=O) groups is 1. The standard InChI is InChI=1S/C16H18N2O2/c1-16(15(19)20)8-10-18(11-9-16)14-7-6-12-4-2-3-5-13(12)17-14/h2-7H,8-11H2,1H3,(H,19,20). The Kier molecular flexibility index (Phi) is 3.08. The van der Waals surface area contributed by atoms with Crippen LogP contribution in [0.1, 0.15) is 19.8 Å². The van der Waals surface area contributed by atoms with Crippen LogP contribution in [0.25, 0.3) is 10.9 Å². The summed E-state index contributed by atoms with van der Waals surface area (Å²) >= 11 is 0. The van der Waals surface area contributed by atoms with Gasteiger partial charge in [0.05, 0.1) is 10.9 Å². The Balaban J connectivity index is 1.81. The van der Waals surface area contributed by atoms with Gasteiger partial charge in [0.1, 0.15) is 5.82 Å². The lowest BCUT2D eigenvalue weighted by atomic mass is 9.80. The third-order valence-corrected chi connectivity index (χ3v) is 4.29. The van der Waals surface area contributed by atoms with Gasteiger partial charge in [0.15, 0.2) is 0 Å². The molecule has 1 aromatic carbocycles. The number of nitrogens with zero attached hydrogens (tertiary/aromatic N) is 2. The van der Waals surface area contributed by atoms with Crippen molar-refractivity contribution in [1.82, 2.24) is 4.98 Å². The Morgan fingerprint density at radius 3 is 2.60 bits per heavy atom. The van der Waals surface area contributed by atoms with Crippen LogP contribution in [0.15, 0.2) is 36.4 Å². The molecule has 0 atom stereocenters. The van der Waals surface area contributed by atoms with Crippen LogP contribution in [0.3, 0.4) is 0 Å². The fourth-order valence-corrected chi connectivity index (χ4v) is 2.67. The molecule has 104 valence electrons. The van der Waals surface area contributed by atoms with Crippen molar-refractivity contribution < 1.29 is 9.90 Å². The lowest BCUT2D eigenvalue weighted by Crippen LogP contribution is -2.43. The Morgan fingerprint density at radius 1 is 1.20 bits per heavy atom. The fourth-order valence-electron chi connectivity index (χ4n) is 2.67. The van der Waals surface area contributed by atoms with Crippen molar-refractivity contribution in [3.63, 3.8) is 0 Å². The normalized spacial score (nSPS) is 18.1. The number of benzene rings is 1. The van der Waals surface area contributed by atoms with E-state index < -0.39 is 11.4 Å². The van der Waals surface area contributed by atoms with E-state index in [-0.39, 0.29) is 0 Å². The van der Waals surface area contributed by atoms with E-state index in [4.69, 9.17) is 0 Å². The number of carboxylic acids is 1. The number of piperidine rings is 1. The summed E-state index contributed by atoms with van der Waals surface area (Å²) in [7, 11) is 0. The molecule has 1 aliphatic rings. The van der Waals surface area contributed by atoms with Gasteiger partial charge in [-0.25, -0.2) is 4.98 Å². The highest BCUT2D eigenvalue weighted by atomic mass is 16.4. The zero-order valence-corrected chi connectivity index (χ0v) is 11.5. The van der Waals surface area contributed by atoms with Gasteiger partial charge < -0.3 is 10.0 Å². The molecule has 0 saturated carbocycles. The molecule has 0 radical (unpaired) electrons. The SMILES string of the molecule is CC1(C(=O)O)CCN(c2ccc3ccccc3n2)CC1. The minimum atomic E-state index is -0.691. The van der Waals surface area contributed by atoms with Gasteiger partial charge in [0.25, 0.3) is 0 Å². The molecule has 0 bridgehead atoms. The second kappa shape index (κ2) is 4.78. The predicted octanol–water partition coefficient (Wildman–Crippen LogP) is 2.93. The Hall–Kier alpha value is -2.10. The van der Waals surface area contributed by atoms with Crippen molar-refractivity contribution in [2.75, 3.05) is 18.0 Å². The number of aromatic nitrogens is 1.